The van der Waals surface area contributed by atoms with Crippen LogP contribution in [0.4, 0.5) is 5.82 Å². The predicted molar refractivity (Wildman–Crippen MR) is 112 cm³/mol. The van der Waals surface area contributed by atoms with Crippen LogP contribution >= 0.6 is 11.3 Å². The maximum Gasteiger partial charge on any atom is 0.280 e. The molecule has 0 bridgehead atoms. The van der Waals surface area contributed by atoms with Crippen LogP contribution in [0, 0.1) is 25.2 Å². The fourth-order valence-electron chi connectivity index (χ4n) is 4.16. The van der Waals surface area contributed by atoms with E-state index in [-0.39, 0.29) is 5.91 Å². The number of anilines is 1. The quantitative estimate of drug-likeness (QED) is 0.680. The highest BCUT2D eigenvalue weighted by Crippen LogP contribution is 2.28. The molecule has 1 aliphatic heterocycles. The van der Waals surface area contributed by atoms with E-state index < -0.39 is 0 Å². The number of hydrogen-bond donors (Lipinski definition) is 2. The lowest BCUT2D eigenvalue weighted by Gasteiger charge is -2.30. The van der Waals surface area contributed by atoms with Crippen LogP contribution in [0.15, 0.2) is 34.3 Å². The smallest absolute Gasteiger partial charge is 0.280 e. The summed E-state index contributed by atoms with van der Waals surface area (Å²) in [5, 5.41) is 14.8. The minimum Gasteiger partial charge on any atom is -0.467 e. The molecule has 0 saturated heterocycles. The molecule has 0 radical (unpaired) electrons. The number of nitriles is 1. The molecule has 29 heavy (non-hydrogen) atoms. The molecule has 0 aromatic carbocycles. The standard InChI is InChI=1S/C22H24N4O2S/c1-14-15(2)26(12-17-5-4-9-28-17)22(19(14)11-23)24-21(27)13-25-8-6-20-18(16(25)3)7-10-29-20/h4-5,7,9-10,16H,6,8,12-13H2,1-3H3,(H,24,27)/p+1/t16-/m0/s1. The molecule has 4 rings (SSSR count). The van der Waals surface area contributed by atoms with Gasteiger partial charge in [0.1, 0.15) is 23.7 Å². The molecule has 0 aliphatic carbocycles. The summed E-state index contributed by atoms with van der Waals surface area (Å²) in [5.74, 6) is 1.27. The third kappa shape index (κ3) is 3.61. The number of carbonyl (C=O) groups excluding carboxylic acids is 1. The monoisotopic (exact) mass is 409 g/mol. The second-order valence-electron chi connectivity index (χ2n) is 7.62. The molecule has 2 N–H and O–H groups in total. The summed E-state index contributed by atoms with van der Waals surface area (Å²) < 4.78 is 7.43. The molecular weight excluding hydrogens is 384 g/mol. The van der Waals surface area contributed by atoms with Crippen LogP contribution < -0.4 is 10.2 Å². The number of nitrogens with one attached hydrogen (secondary N) is 2. The summed E-state index contributed by atoms with van der Waals surface area (Å²) in [6.45, 7) is 7.86. The summed E-state index contributed by atoms with van der Waals surface area (Å²) in [6.07, 6.45) is 2.64. The minimum absolute atomic E-state index is 0.0692. The molecular formula is C22H25N4O2S+. The molecule has 0 fully saturated rings. The van der Waals surface area contributed by atoms with Gasteiger partial charge in [-0.3, -0.25) is 4.79 Å². The number of furan rings is 1. The van der Waals surface area contributed by atoms with Gasteiger partial charge in [-0.05, 0) is 49.9 Å². The van der Waals surface area contributed by atoms with Crippen molar-refractivity contribution in [1.29, 1.82) is 5.26 Å². The molecule has 1 amide bonds. The van der Waals surface area contributed by atoms with Gasteiger partial charge in [0, 0.05) is 22.6 Å². The average Bonchev–Trinajstić information content (AvgIpc) is 3.42. The zero-order chi connectivity index (χ0) is 20.5. The van der Waals surface area contributed by atoms with Crippen LogP contribution in [-0.4, -0.2) is 23.6 Å². The fourth-order valence-corrected chi connectivity index (χ4v) is 5.14. The summed E-state index contributed by atoms with van der Waals surface area (Å²) >= 11 is 1.80. The van der Waals surface area contributed by atoms with Gasteiger partial charge in [-0.1, -0.05) is 0 Å². The van der Waals surface area contributed by atoms with Crippen LogP contribution in [0.25, 0.3) is 0 Å². The first kappa shape index (κ1) is 19.5. The van der Waals surface area contributed by atoms with E-state index in [0.717, 1.165) is 30.0 Å². The Kier molecular flexibility index (Phi) is 5.31. The molecule has 150 valence electrons. The largest absolute Gasteiger partial charge is 0.467 e. The fraction of sp³-hybridized carbons (Fsp3) is 0.364. The Bertz CT molecular complexity index is 1070. The lowest BCUT2D eigenvalue weighted by atomic mass is 10.0. The van der Waals surface area contributed by atoms with Gasteiger partial charge in [0.2, 0.25) is 0 Å². The summed E-state index contributed by atoms with van der Waals surface area (Å²) in [5.41, 5.74) is 3.71. The zero-order valence-electron chi connectivity index (χ0n) is 16.9. The van der Waals surface area contributed by atoms with E-state index in [9.17, 15) is 10.1 Å². The number of carbonyl (C=O) groups is 1. The molecule has 6 nitrogen and oxygen atoms in total. The SMILES string of the molecule is Cc1c(C#N)c(NC(=O)C[NH+]2CCc3sccc3[C@@H]2C)n(Cc2ccco2)c1C. The number of fused-ring (bicyclic) bond motifs is 1. The third-order valence-corrected chi connectivity index (χ3v) is 7.01. The van der Waals surface area contributed by atoms with Gasteiger partial charge in [-0.15, -0.1) is 11.3 Å². The highest BCUT2D eigenvalue weighted by molar-refractivity contribution is 7.10. The van der Waals surface area contributed by atoms with Crippen molar-refractivity contribution in [3.05, 3.63) is 62.9 Å². The van der Waals surface area contributed by atoms with Gasteiger partial charge in [-0.2, -0.15) is 5.26 Å². The first-order chi connectivity index (χ1) is 14.0. The van der Waals surface area contributed by atoms with Crippen molar-refractivity contribution in [2.24, 2.45) is 0 Å². The molecule has 1 unspecified atom stereocenters. The lowest BCUT2D eigenvalue weighted by molar-refractivity contribution is -0.923. The van der Waals surface area contributed by atoms with Gasteiger partial charge >= 0.3 is 0 Å². The van der Waals surface area contributed by atoms with E-state index in [4.69, 9.17) is 4.42 Å². The van der Waals surface area contributed by atoms with Crippen LogP contribution in [-0.2, 0) is 17.8 Å². The summed E-state index contributed by atoms with van der Waals surface area (Å²) in [4.78, 5) is 15.6. The molecule has 7 heteroatoms. The zero-order valence-corrected chi connectivity index (χ0v) is 17.7. The van der Waals surface area contributed by atoms with Crippen LogP contribution in [0.1, 0.15) is 46.0 Å². The third-order valence-electron chi connectivity index (χ3n) is 6.01. The van der Waals surface area contributed by atoms with Crippen molar-refractivity contribution in [2.45, 2.75) is 39.8 Å². The van der Waals surface area contributed by atoms with E-state index in [1.807, 2.05) is 30.5 Å². The number of thiophene rings is 1. The van der Waals surface area contributed by atoms with E-state index >= 15 is 0 Å². The number of rotatable bonds is 5. The molecule has 0 saturated carbocycles. The molecule has 0 spiro atoms. The number of aromatic nitrogens is 1. The maximum absolute atomic E-state index is 12.9. The second kappa shape index (κ2) is 7.90. The number of amides is 1. The summed E-state index contributed by atoms with van der Waals surface area (Å²) in [7, 11) is 0. The van der Waals surface area contributed by atoms with E-state index in [1.165, 1.54) is 15.3 Å². The van der Waals surface area contributed by atoms with Crippen LogP contribution in [0.5, 0.6) is 0 Å². The van der Waals surface area contributed by atoms with Crippen molar-refractivity contribution in [3.8, 4) is 6.07 Å². The molecule has 2 atom stereocenters. The average molecular weight is 410 g/mol. The highest BCUT2D eigenvalue weighted by Gasteiger charge is 2.30. The van der Waals surface area contributed by atoms with Crippen molar-refractivity contribution >= 4 is 23.1 Å². The van der Waals surface area contributed by atoms with E-state index in [2.05, 4.69) is 29.8 Å². The Morgan fingerprint density at radius 3 is 3.00 bits per heavy atom. The van der Waals surface area contributed by atoms with Crippen LogP contribution in [0.3, 0.4) is 0 Å². The Labute approximate surface area is 174 Å². The molecule has 1 aliphatic rings. The lowest BCUT2D eigenvalue weighted by Crippen LogP contribution is -3.14. The molecule has 3 aromatic heterocycles. The van der Waals surface area contributed by atoms with Crippen molar-refractivity contribution < 1.29 is 14.1 Å². The first-order valence-electron chi connectivity index (χ1n) is 9.82. The number of hydrogen-bond acceptors (Lipinski definition) is 4. The summed E-state index contributed by atoms with van der Waals surface area (Å²) in [6, 6.07) is 8.46. The van der Waals surface area contributed by atoms with Crippen molar-refractivity contribution in [2.75, 3.05) is 18.4 Å². The van der Waals surface area contributed by atoms with Gasteiger partial charge in [0.25, 0.3) is 5.91 Å². The normalized spacial score (nSPS) is 18.3. The predicted octanol–water partition coefficient (Wildman–Crippen LogP) is 2.82. The molecule has 4 heterocycles. The van der Waals surface area contributed by atoms with E-state index in [1.54, 1.807) is 17.6 Å². The van der Waals surface area contributed by atoms with Gasteiger partial charge in [-0.25, -0.2) is 0 Å². The Morgan fingerprint density at radius 2 is 2.28 bits per heavy atom. The van der Waals surface area contributed by atoms with Gasteiger partial charge in [0.15, 0.2) is 6.54 Å². The Morgan fingerprint density at radius 1 is 1.45 bits per heavy atom. The minimum atomic E-state index is -0.0692. The second-order valence-corrected chi connectivity index (χ2v) is 8.62. The van der Waals surface area contributed by atoms with Crippen molar-refractivity contribution in [3.63, 3.8) is 0 Å². The Balaban J connectivity index is 1.55. The van der Waals surface area contributed by atoms with Gasteiger partial charge < -0.3 is 19.2 Å². The number of quaternary nitrogens is 1. The maximum atomic E-state index is 12.9. The van der Waals surface area contributed by atoms with Crippen LogP contribution in [0.2, 0.25) is 0 Å². The van der Waals surface area contributed by atoms with Crippen molar-refractivity contribution in [1.82, 2.24) is 4.57 Å². The number of nitrogens with zero attached hydrogens (tertiary/aromatic N) is 2. The Hall–Kier alpha value is -2.82. The first-order valence-corrected chi connectivity index (χ1v) is 10.7. The van der Waals surface area contributed by atoms with E-state index in [0.29, 0.717) is 30.5 Å². The van der Waals surface area contributed by atoms with Gasteiger partial charge in [0.05, 0.1) is 24.9 Å². The molecule has 3 aromatic rings. The highest BCUT2D eigenvalue weighted by atomic mass is 32.1. The topological polar surface area (TPSA) is 75.4 Å².